The second-order valence-electron chi connectivity index (χ2n) is 4.44. The van der Waals surface area contributed by atoms with E-state index in [9.17, 15) is 5.26 Å². The molecule has 0 bridgehead atoms. The van der Waals surface area contributed by atoms with Crippen molar-refractivity contribution in [3.05, 3.63) is 40.7 Å². The van der Waals surface area contributed by atoms with Gasteiger partial charge in [0.05, 0.1) is 5.57 Å². The molecule has 0 fully saturated rings. The van der Waals surface area contributed by atoms with Gasteiger partial charge in [0.1, 0.15) is 6.07 Å². The molecule has 21 heavy (non-hydrogen) atoms. The molecule has 0 saturated heterocycles. The molecule has 2 aromatic rings. The fourth-order valence-electron chi connectivity index (χ4n) is 1.61. The molecule has 0 spiro atoms. The van der Waals surface area contributed by atoms with Gasteiger partial charge in [-0.2, -0.15) is 20.2 Å². The molecule has 7 heteroatoms. The average molecular weight is 301 g/mol. The van der Waals surface area contributed by atoms with E-state index in [4.69, 9.17) is 17.3 Å². The molecule has 106 valence electrons. The summed E-state index contributed by atoms with van der Waals surface area (Å²) in [5, 5.41) is 9.91. The molecule has 0 aliphatic rings. The van der Waals surface area contributed by atoms with Gasteiger partial charge in [-0.15, -0.1) is 0 Å². The van der Waals surface area contributed by atoms with Crippen molar-refractivity contribution in [2.75, 3.05) is 24.7 Å². The molecule has 2 N–H and O–H groups in total. The first-order valence-electron chi connectivity index (χ1n) is 6.06. The Kier molecular flexibility index (Phi) is 4.36. The number of hydrogen-bond donors (Lipinski definition) is 1. The third kappa shape index (κ3) is 3.68. The van der Waals surface area contributed by atoms with Crippen molar-refractivity contribution in [1.82, 2.24) is 15.0 Å². The van der Waals surface area contributed by atoms with E-state index in [1.165, 1.54) is 0 Å². The number of rotatable bonds is 3. The first-order chi connectivity index (χ1) is 9.99. The van der Waals surface area contributed by atoms with Gasteiger partial charge >= 0.3 is 0 Å². The van der Waals surface area contributed by atoms with Gasteiger partial charge in [-0.25, -0.2) is 0 Å². The third-order valence-electron chi connectivity index (χ3n) is 2.56. The first-order valence-corrected chi connectivity index (χ1v) is 6.44. The van der Waals surface area contributed by atoms with Crippen LogP contribution in [0.1, 0.15) is 11.4 Å². The fraction of sp³-hybridized carbons (Fsp3) is 0.143. The predicted octanol–water partition coefficient (Wildman–Crippen LogP) is 2.24. The van der Waals surface area contributed by atoms with Crippen LogP contribution in [-0.4, -0.2) is 29.0 Å². The molecule has 1 heterocycles. The maximum atomic E-state index is 9.32. The zero-order valence-corrected chi connectivity index (χ0v) is 12.3. The SMILES string of the molecule is CN(C)c1nc(N)nc(/C(C#N)=C\c2cccc(Cl)c2)n1. The molecule has 0 amide bonds. The lowest BCUT2D eigenvalue weighted by atomic mass is 10.1. The summed E-state index contributed by atoms with van der Waals surface area (Å²) in [6, 6.07) is 9.21. The smallest absolute Gasteiger partial charge is 0.230 e. The van der Waals surface area contributed by atoms with Crippen molar-refractivity contribution in [3.63, 3.8) is 0 Å². The molecular formula is C14H13ClN6. The number of hydrogen-bond acceptors (Lipinski definition) is 6. The van der Waals surface area contributed by atoms with E-state index < -0.39 is 0 Å². The van der Waals surface area contributed by atoms with Crippen LogP contribution in [0.5, 0.6) is 0 Å². The average Bonchev–Trinajstić information content (AvgIpc) is 2.44. The Morgan fingerprint density at radius 2 is 2.10 bits per heavy atom. The van der Waals surface area contributed by atoms with Crippen LogP contribution in [0.15, 0.2) is 24.3 Å². The van der Waals surface area contributed by atoms with Gasteiger partial charge in [0.2, 0.25) is 11.9 Å². The minimum atomic E-state index is 0.0657. The monoisotopic (exact) mass is 300 g/mol. The van der Waals surface area contributed by atoms with Crippen LogP contribution in [0, 0.1) is 11.3 Å². The molecule has 1 aromatic heterocycles. The van der Waals surface area contributed by atoms with Crippen LogP contribution >= 0.6 is 11.6 Å². The summed E-state index contributed by atoms with van der Waals surface area (Å²) >= 11 is 5.93. The van der Waals surface area contributed by atoms with Crippen LogP contribution in [-0.2, 0) is 0 Å². The molecule has 2 rings (SSSR count). The van der Waals surface area contributed by atoms with Gasteiger partial charge in [0.25, 0.3) is 0 Å². The molecule has 0 atom stereocenters. The van der Waals surface area contributed by atoms with Gasteiger partial charge in [-0.05, 0) is 23.8 Å². The first kappa shape index (κ1) is 14.8. The Balaban J connectivity index is 2.49. The van der Waals surface area contributed by atoms with Gasteiger partial charge in [0.15, 0.2) is 5.82 Å². The van der Waals surface area contributed by atoms with E-state index in [0.29, 0.717) is 11.0 Å². The lowest BCUT2D eigenvalue weighted by Crippen LogP contribution is -2.15. The van der Waals surface area contributed by atoms with Crippen LogP contribution in [0.3, 0.4) is 0 Å². The molecule has 1 aromatic carbocycles. The molecule has 6 nitrogen and oxygen atoms in total. The summed E-state index contributed by atoms with van der Waals surface area (Å²) in [6.45, 7) is 0. The molecule has 0 radical (unpaired) electrons. The summed E-state index contributed by atoms with van der Waals surface area (Å²) in [7, 11) is 3.57. The van der Waals surface area contributed by atoms with Crippen molar-refractivity contribution >= 4 is 35.1 Å². The summed E-state index contributed by atoms with van der Waals surface area (Å²) in [4.78, 5) is 13.9. The number of allylic oxidation sites excluding steroid dienone is 1. The van der Waals surface area contributed by atoms with E-state index in [-0.39, 0.29) is 17.3 Å². The minimum absolute atomic E-state index is 0.0657. The topological polar surface area (TPSA) is 91.7 Å². The Bertz CT molecular complexity index is 732. The van der Waals surface area contributed by atoms with Gasteiger partial charge < -0.3 is 10.6 Å². The zero-order chi connectivity index (χ0) is 15.4. The number of nitrogens with zero attached hydrogens (tertiary/aromatic N) is 5. The molecule has 0 saturated carbocycles. The second kappa shape index (κ2) is 6.20. The summed E-state index contributed by atoms with van der Waals surface area (Å²) in [6.07, 6.45) is 1.65. The predicted molar refractivity (Wildman–Crippen MR) is 83.5 cm³/mol. The highest BCUT2D eigenvalue weighted by Gasteiger charge is 2.10. The van der Waals surface area contributed by atoms with Gasteiger partial charge in [0, 0.05) is 19.1 Å². The van der Waals surface area contributed by atoms with E-state index in [0.717, 1.165) is 5.56 Å². The van der Waals surface area contributed by atoms with E-state index in [1.54, 1.807) is 43.3 Å². The minimum Gasteiger partial charge on any atom is -0.368 e. The lowest BCUT2D eigenvalue weighted by Gasteiger charge is -2.10. The van der Waals surface area contributed by atoms with Crippen LogP contribution in [0.25, 0.3) is 11.6 Å². The van der Waals surface area contributed by atoms with Crippen molar-refractivity contribution in [1.29, 1.82) is 5.26 Å². The van der Waals surface area contributed by atoms with Crippen LogP contribution < -0.4 is 10.6 Å². The molecule has 0 unspecified atom stereocenters. The largest absolute Gasteiger partial charge is 0.368 e. The number of nitriles is 1. The normalized spacial score (nSPS) is 11.0. The molecule has 0 aliphatic heterocycles. The quantitative estimate of drug-likeness (QED) is 0.874. The molecule has 0 aliphatic carbocycles. The Morgan fingerprint density at radius 1 is 1.33 bits per heavy atom. The number of nitrogens with two attached hydrogens (primary N) is 1. The zero-order valence-electron chi connectivity index (χ0n) is 11.6. The Labute approximate surface area is 127 Å². The van der Waals surface area contributed by atoms with Crippen molar-refractivity contribution < 1.29 is 0 Å². The summed E-state index contributed by atoms with van der Waals surface area (Å²) in [5.41, 5.74) is 6.73. The van der Waals surface area contributed by atoms with Gasteiger partial charge in [-0.1, -0.05) is 23.7 Å². The lowest BCUT2D eigenvalue weighted by molar-refractivity contribution is 0.952. The van der Waals surface area contributed by atoms with Crippen LogP contribution in [0.4, 0.5) is 11.9 Å². The second-order valence-corrected chi connectivity index (χ2v) is 4.87. The van der Waals surface area contributed by atoms with Crippen molar-refractivity contribution in [3.8, 4) is 6.07 Å². The van der Waals surface area contributed by atoms with E-state index >= 15 is 0 Å². The highest BCUT2D eigenvalue weighted by molar-refractivity contribution is 6.30. The number of benzene rings is 1. The maximum Gasteiger partial charge on any atom is 0.230 e. The third-order valence-corrected chi connectivity index (χ3v) is 2.80. The van der Waals surface area contributed by atoms with Crippen molar-refractivity contribution in [2.24, 2.45) is 0 Å². The highest BCUT2D eigenvalue weighted by atomic mass is 35.5. The Morgan fingerprint density at radius 3 is 2.71 bits per heavy atom. The van der Waals surface area contributed by atoms with Gasteiger partial charge in [-0.3, -0.25) is 0 Å². The van der Waals surface area contributed by atoms with E-state index in [2.05, 4.69) is 21.0 Å². The Hall–Kier alpha value is -2.65. The van der Waals surface area contributed by atoms with Crippen LogP contribution in [0.2, 0.25) is 5.02 Å². The van der Waals surface area contributed by atoms with Crippen molar-refractivity contribution in [2.45, 2.75) is 0 Å². The number of halogens is 1. The highest BCUT2D eigenvalue weighted by Crippen LogP contribution is 2.19. The number of anilines is 2. The van der Waals surface area contributed by atoms with E-state index in [1.807, 2.05) is 6.07 Å². The standard InChI is InChI=1S/C14H13ClN6/c1-21(2)14-19-12(18-13(17)20-14)10(8-16)6-9-4-3-5-11(15)7-9/h3-7H,1-2H3,(H2,17,18,19,20)/b10-6-. The fourth-order valence-corrected chi connectivity index (χ4v) is 1.81. The maximum absolute atomic E-state index is 9.32. The summed E-state index contributed by atoms with van der Waals surface area (Å²) in [5.74, 6) is 0.689. The number of nitrogen functional groups attached to an aromatic ring is 1. The number of aromatic nitrogens is 3. The molecular weight excluding hydrogens is 288 g/mol. The summed E-state index contributed by atoms with van der Waals surface area (Å²) < 4.78 is 0.